The van der Waals surface area contributed by atoms with Gasteiger partial charge in [-0.3, -0.25) is 4.79 Å². The number of thiazole rings is 1. The molecule has 5 nitrogen and oxygen atoms in total. The third-order valence-corrected chi connectivity index (χ3v) is 4.11. The summed E-state index contributed by atoms with van der Waals surface area (Å²) in [6.45, 7) is 5.73. The van der Waals surface area contributed by atoms with Crippen molar-refractivity contribution in [2.24, 2.45) is 0 Å². The van der Waals surface area contributed by atoms with E-state index in [4.69, 9.17) is 4.74 Å². The molecule has 1 amide bonds. The number of aryl methyl sites for hydroxylation is 2. The molecule has 0 aliphatic carbocycles. The fraction of sp³-hybridized carbons (Fsp3) is 0.333. The molecule has 112 valence electrons. The topological polar surface area (TPSA) is 63.2 Å². The van der Waals surface area contributed by atoms with Gasteiger partial charge in [0, 0.05) is 10.6 Å². The number of rotatable bonds is 5. The van der Waals surface area contributed by atoms with Gasteiger partial charge in [-0.25, -0.2) is 4.98 Å². The van der Waals surface area contributed by atoms with E-state index in [-0.39, 0.29) is 11.9 Å². The Bertz CT molecular complexity index is 603. The van der Waals surface area contributed by atoms with Crippen LogP contribution in [0.4, 0.5) is 10.8 Å². The summed E-state index contributed by atoms with van der Waals surface area (Å²) in [6.07, 6.45) is 0. The lowest BCUT2D eigenvalue weighted by atomic mass is 10.2. The highest BCUT2D eigenvalue weighted by Crippen LogP contribution is 2.21. The van der Waals surface area contributed by atoms with Gasteiger partial charge in [-0.1, -0.05) is 0 Å². The molecule has 0 spiro atoms. The molecule has 1 heterocycles. The second-order valence-corrected chi connectivity index (χ2v) is 5.95. The molecule has 1 aromatic carbocycles. The van der Waals surface area contributed by atoms with Gasteiger partial charge in [0.2, 0.25) is 5.91 Å². The molecular formula is C15H19N3O2S. The number of aromatic nitrogens is 1. The van der Waals surface area contributed by atoms with E-state index in [9.17, 15) is 4.79 Å². The van der Waals surface area contributed by atoms with Gasteiger partial charge in [-0.05, 0) is 45.0 Å². The van der Waals surface area contributed by atoms with Crippen LogP contribution in [-0.4, -0.2) is 24.0 Å². The average molecular weight is 305 g/mol. The van der Waals surface area contributed by atoms with Gasteiger partial charge < -0.3 is 15.4 Å². The van der Waals surface area contributed by atoms with Crippen LogP contribution < -0.4 is 15.4 Å². The van der Waals surface area contributed by atoms with Crippen molar-refractivity contribution in [3.8, 4) is 5.75 Å². The number of carbonyl (C=O) groups excluding carboxylic acids is 1. The number of nitrogens with zero attached hydrogens (tertiary/aromatic N) is 1. The van der Waals surface area contributed by atoms with Crippen LogP contribution in [0.15, 0.2) is 24.3 Å². The summed E-state index contributed by atoms with van der Waals surface area (Å²) in [5.74, 6) is 0.672. The summed E-state index contributed by atoms with van der Waals surface area (Å²) in [5, 5.41) is 6.61. The van der Waals surface area contributed by atoms with E-state index in [1.54, 1.807) is 7.11 Å². The van der Waals surface area contributed by atoms with Crippen LogP contribution in [0.5, 0.6) is 5.75 Å². The number of benzene rings is 1. The zero-order valence-electron chi connectivity index (χ0n) is 12.6. The molecule has 0 aliphatic rings. The van der Waals surface area contributed by atoms with Gasteiger partial charge in [0.1, 0.15) is 11.8 Å². The van der Waals surface area contributed by atoms with Gasteiger partial charge in [0.25, 0.3) is 0 Å². The van der Waals surface area contributed by atoms with Crippen molar-refractivity contribution in [3.05, 3.63) is 34.8 Å². The number of methoxy groups -OCH3 is 1. The molecule has 1 aromatic heterocycles. The Kier molecular flexibility index (Phi) is 4.80. The summed E-state index contributed by atoms with van der Waals surface area (Å²) in [5.41, 5.74) is 1.82. The van der Waals surface area contributed by atoms with Crippen LogP contribution >= 0.6 is 11.3 Å². The van der Waals surface area contributed by atoms with E-state index in [2.05, 4.69) is 15.6 Å². The SMILES string of the molecule is COc1ccc(N[C@@H](C)C(=O)Nc2nc(C)c(C)s2)cc1. The minimum atomic E-state index is -0.358. The Morgan fingerprint density at radius 1 is 1.29 bits per heavy atom. The zero-order valence-corrected chi connectivity index (χ0v) is 13.4. The lowest BCUT2D eigenvalue weighted by Gasteiger charge is -2.14. The van der Waals surface area contributed by atoms with Crippen molar-refractivity contribution < 1.29 is 9.53 Å². The quantitative estimate of drug-likeness (QED) is 0.890. The molecule has 0 saturated heterocycles. The lowest BCUT2D eigenvalue weighted by molar-refractivity contribution is -0.116. The molecule has 0 bridgehead atoms. The first-order chi connectivity index (χ1) is 9.99. The number of anilines is 2. The summed E-state index contributed by atoms with van der Waals surface area (Å²) < 4.78 is 5.10. The first-order valence-electron chi connectivity index (χ1n) is 6.65. The number of carbonyl (C=O) groups is 1. The van der Waals surface area contributed by atoms with E-state index in [1.807, 2.05) is 45.0 Å². The molecule has 0 unspecified atom stereocenters. The average Bonchev–Trinajstić information content (AvgIpc) is 2.78. The molecule has 0 aliphatic heterocycles. The van der Waals surface area contributed by atoms with Crippen molar-refractivity contribution in [1.29, 1.82) is 0 Å². The normalized spacial score (nSPS) is 11.8. The highest BCUT2D eigenvalue weighted by atomic mass is 32.1. The van der Waals surface area contributed by atoms with E-state index in [0.29, 0.717) is 5.13 Å². The van der Waals surface area contributed by atoms with E-state index in [0.717, 1.165) is 22.0 Å². The molecule has 2 rings (SSSR count). The first-order valence-corrected chi connectivity index (χ1v) is 7.46. The molecule has 0 saturated carbocycles. The maximum absolute atomic E-state index is 12.1. The van der Waals surface area contributed by atoms with Crippen LogP contribution in [0, 0.1) is 13.8 Å². The maximum atomic E-state index is 12.1. The van der Waals surface area contributed by atoms with Crippen LogP contribution in [0.1, 0.15) is 17.5 Å². The molecule has 1 atom stereocenters. The zero-order chi connectivity index (χ0) is 15.4. The number of hydrogen-bond acceptors (Lipinski definition) is 5. The molecule has 2 N–H and O–H groups in total. The number of amides is 1. The highest BCUT2D eigenvalue weighted by molar-refractivity contribution is 7.15. The van der Waals surface area contributed by atoms with Crippen molar-refractivity contribution in [2.45, 2.75) is 26.8 Å². The molecular weight excluding hydrogens is 286 g/mol. The van der Waals surface area contributed by atoms with Crippen molar-refractivity contribution in [3.63, 3.8) is 0 Å². The van der Waals surface area contributed by atoms with E-state index < -0.39 is 0 Å². The van der Waals surface area contributed by atoms with Gasteiger partial charge in [-0.15, -0.1) is 11.3 Å². The number of nitrogens with one attached hydrogen (secondary N) is 2. The van der Waals surface area contributed by atoms with E-state index >= 15 is 0 Å². The minimum absolute atomic E-state index is 0.112. The van der Waals surface area contributed by atoms with Crippen LogP contribution in [-0.2, 0) is 4.79 Å². The third kappa shape index (κ3) is 3.95. The van der Waals surface area contributed by atoms with E-state index in [1.165, 1.54) is 11.3 Å². The third-order valence-electron chi connectivity index (χ3n) is 3.13. The second-order valence-electron chi connectivity index (χ2n) is 4.74. The van der Waals surface area contributed by atoms with Gasteiger partial charge in [-0.2, -0.15) is 0 Å². The Labute approximate surface area is 128 Å². The number of ether oxygens (including phenoxy) is 1. The van der Waals surface area contributed by atoms with Gasteiger partial charge >= 0.3 is 0 Å². The summed E-state index contributed by atoms with van der Waals surface area (Å²) in [4.78, 5) is 17.5. The Morgan fingerprint density at radius 3 is 2.48 bits per heavy atom. The largest absolute Gasteiger partial charge is 0.497 e. The van der Waals surface area contributed by atoms with Crippen LogP contribution in [0.3, 0.4) is 0 Å². The standard InChI is InChI=1S/C15H19N3O2S/c1-9-11(3)21-15(17-9)18-14(19)10(2)16-12-5-7-13(20-4)8-6-12/h5-8,10,16H,1-4H3,(H,17,18,19)/t10-/m0/s1. The number of hydrogen-bond donors (Lipinski definition) is 2. The summed E-state index contributed by atoms with van der Waals surface area (Å²) >= 11 is 1.48. The predicted molar refractivity (Wildman–Crippen MR) is 86.3 cm³/mol. The highest BCUT2D eigenvalue weighted by Gasteiger charge is 2.15. The summed E-state index contributed by atoms with van der Waals surface area (Å²) in [7, 11) is 1.62. The maximum Gasteiger partial charge on any atom is 0.248 e. The van der Waals surface area contributed by atoms with Crippen LogP contribution in [0.2, 0.25) is 0 Å². The predicted octanol–water partition coefficient (Wildman–Crippen LogP) is 3.21. The molecule has 0 radical (unpaired) electrons. The van der Waals surface area contributed by atoms with Crippen molar-refractivity contribution in [2.75, 3.05) is 17.7 Å². The van der Waals surface area contributed by atoms with Gasteiger partial charge in [0.15, 0.2) is 5.13 Å². The minimum Gasteiger partial charge on any atom is -0.497 e. The van der Waals surface area contributed by atoms with Crippen LogP contribution in [0.25, 0.3) is 0 Å². The molecule has 21 heavy (non-hydrogen) atoms. The van der Waals surface area contributed by atoms with Gasteiger partial charge in [0.05, 0.1) is 12.8 Å². The Morgan fingerprint density at radius 2 is 1.95 bits per heavy atom. The fourth-order valence-corrected chi connectivity index (χ4v) is 2.56. The van der Waals surface area contributed by atoms with Crippen molar-refractivity contribution in [1.82, 2.24) is 4.98 Å². The fourth-order valence-electron chi connectivity index (χ4n) is 1.74. The monoisotopic (exact) mass is 305 g/mol. The lowest BCUT2D eigenvalue weighted by Crippen LogP contribution is -2.31. The molecule has 6 heteroatoms. The molecule has 0 fully saturated rings. The smallest absolute Gasteiger partial charge is 0.248 e. The Hall–Kier alpha value is -2.08. The Balaban J connectivity index is 1.95. The van der Waals surface area contributed by atoms with Crippen molar-refractivity contribution >= 4 is 28.1 Å². The molecule has 2 aromatic rings. The summed E-state index contributed by atoms with van der Waals surface area (Å²) in [6, 6.07) is 7.09. The second kappa shape index (κ2) is 6.58. The first kappa shape index (κ1) is 15.3.